The van der Waals surface area contributed by atoms with Crippen molar-refractivity contribution in [2.45, 2.75) is 26.3 Å². The lowest BCUT2D eigenvalue weighted by Gasteiger charge is -2.23. The van der Waals surface area contributed by atoms with Gasteiger partial charge in [0.25, 0.3) is 0 Å². The Morgan fingerprint density at radius 2 is 2.07 bits per heavy atom. The number of benzene rings is 1. The van der Waals surface area contributed by atoms with E-state index in [0.29, 0.717) is 17.9 Å². The first-order chi connectivity index (χ1) is 6.46. The van der Waals surface area contributed by atoms with Crippen LogP contribution in [0.25, 0.3) is 0 Å². The first-order valence-electron chi connectivity index (χ1n) is 4.71. The molecule has 0 heterocycles. The smallest absolute Gasteiger partial charge is 0.128 e. The molecule has 1 aromatic carbocycles. The molecular weight excluding hydrogens is 178 g/mol. The summed E-state index contributed by atoms with van der Waals surface area (Å²) in [5, 5.41) is 9.69. The Balaban J connectivity index is 3.22. The van der Waals surface area contributed by atoms with Gasteiger partial charge in [-0.05, 0) is 32.9 Å². The quantitative estimate of drug-likeness (QED) is 0.775. The van der Waals surface area contributed by atoms with E-state index >= 15 is 0 Å². The van der Waals surface area contributed by atoms with Gasteiger partial charge >= 0.3 is 0 Å². The van der Waals surface area contributed by atoms with E-state index in [1.807, 2.05) is 26.8 Å². The number of phenolic OH excluding ortho intramolecular Hbond substituents is 1. The van der Waals surface area contributed by atoms with Crippen molar-refractivity contribution in [3.63, 3.8) is 0 Å². The molecule has 1 aromatic rings. The van der Waals surface area contributed by atoms with Crippen LogP contribution >= 0.6 is 0 Å². The molecule has 0 spiro atoms. The fraction of sp³-hybridized carbons (Fsp3) is 0.455. The molecular formula is C11H17NO2. The van der Waals surface area contributed by atoms with Crippen LogP contribution in [-0.2, 0) is 5.54 Å². The molecule has 0 aliphatic carbocycles. The van der Waals surface area contributed by atoms with Crippen LogP contribution in [0.4, 0.5) is 0 Å². The van der Waals surface area contributed by atoms with Crippen LogP contribution in [0.2, 0.25) is 0 Å². The molecule has 0 amide bonds. The molecule has 3 nitrogen and oxygen atoms in total. The average molecular weight is 195 g/mol. The van der Waals surface area contributed by atoms with Crippen LogP contribution in [0.15, 0.2) is 18.2 Å². The second kappa shape index (κ2) is 3.88. The summed E-state index contributed by atoms with van der Waals surface area (Å²) in [7, 11) is 0. The summed E-state index contributed by atoms with van der Waals surface area (Å²) in [6.07, 6.45) is 0. The summed E-state index contributed by atoms with van der Waals surface area (Å²) in [5.41, 5.74) is 6.00. The Morgan fingerprint density at radius 3 is 2.57 bits per heavy atom. The molecule has 3 N–H and O–H groups in total. The maximum atomic E-state index is 9.69. The highest BCUT2D eigenvalue weighted by molar-refractivity contribution is 5.47. The third kappa shape index (κ3) is 2.17. The highest BCUT2D eigenvalue weighted by Gasteiger charge is 2.23. The summed E-state index contributed by atoms with van der Waals surface area (Å²) in [4.78, 5) is 0. The summed E-state index contributed by atoms with van der Waals surface area (Å²) < 4.78 is 5.40. The van der Waals surface area contributed by atoms with E-state index in [1.54, 1.807) is 12.1 Å². The monoisotopic (exact) mass is 195 g/mol. The molecule has 0 aliphatic heterocycles. The lowest BCUT2D eigenvalue weighted by molar-refractivity contribution is 0.322. The fourth-order valence-corrected chi connectivity index (χ4v) is 1.44. The molecule has 14 heavy (non-hydrogen) atoms. The van der Waals surface area contributed by atoms with Gasteiger partial charge in [-0.25, -0.2) is 0 Å². The predicted molar refractivity (Wildman–Crippen MR) is 56.5 cm³/mol. The largest absolute Gasteiger partial charge is 0.507 e. The van der Waals surface area contributed by atoms with Gasteiger partial charge in [0.2, 0.25) is 0 Å². The first kappa shape index (κ1) is 10.9. The number of rotatable bonds is 3. The van der Waals surface area contributed by atoms with Crippen LogP contribution in [-0.4, -0.2) is 11.7 Å². The van der Waals surface area contributed by atoms with Crippen molar-refractivity contribution in [3.8, 4) is 11.5 Å². The third-order valence-electron chi connectivity index (χ3n) is 1.95. The third-order valence-corrected chi connectivity index (χ3v) is 1.95. The molecule has 0 aromatic heterocycles. The van der Waals surface area contributed by atoms with Crippen molar-refractivity contribution < 1.29 is 9.84 Å². The lowest BCUT2D eigenvalue weighted by atomic mass is 9.94. The molecule has 78 valence electrons. The fourth-order valence-electron chi connectivity index (χ4n) is 1.44. The molecule has 0 unspecified atom stereocenters. The van der Waals surface area contributed by atoms with Gasteiger partial charge in [-0.2, -0.15) is 0 Å². The molecule has 1 rings (SSSR count). The summed E-state index contributed by atoms with van der Waals surface area (Å²) in [6.45, 7) is 6.14. The van der Waals surface area contributed by atoms with E-state index in [4.69, 9.17) is 10.5 Å². The zero-order valence-corrected chi connectivity index (χ0v) is 8.87. The Hall–Kier alpha value is -1.22. The van der Waals surface area contributed by atoms with Gasteiger partial charge < -0.3 is 15.6 Å². The summed E-state index contributed by atoms with van der Waals surface area (Å²) >= 11 is 0. The van der Waals surface area contributed by atoms with Crippen LogP contribution in [0.1, 0.15) is 26.3 Å². The van der Waals surface area contributed by atoms with E-state index in [9.17, 15) is 5.11 Å². The number of hydrogen-bond donors (Lipinski definition) is 2. The first-order valence-corrected chi connectivity index (χ1v) is 4.71. The van der Waals surface area contributed by atoms with Crippen LogP contribution in [0.5, 0.6) is 11.5 Å². The van der Waals surface area contributed by atoms with Crippen molar-refractivity contribution >= 4 is 0 Å². The molecule has 0 radical (unpaired) electrons. The second-order valence-corrected chi connectivity index (χ2v) is 3.80. The van der Waals surface area contributed by atoms with E-state index in [-0.39, 0.29) is 5.75 Å². The normalized spacial score (nSPS) is 11.4. The standard InChI is InChI=1S/C11H17NO2/c1-4-14-9-7-5-6-8(13)10(9)11(2,3)12/h5-7,13H,4,12H2,1-3H3. The van der Waals surface area contributed by atoms with Gasteiger partial charge in [-0.1, -0.05) is 6.07 Å². The summed E-state index contributed by atoms with van der Waals surface area (Å²) in [5.74, 6) is 0.837. The van der Waals surface area contributed by atoms with Crippen LogP contribution in [0, 0.1) is 0 Å². The number of hydrogen-bond acceptors (Lipinski definition) is 3. The van der Waals surface area contributed by atoms with Gasteiger partial charge in [-0.3, -0.25) is 0 Å². The van der Waals surface area contributed by atoms with Gasteiger partial charge in [-0.15, -0.1) is 0 Å². The van der Waals surface area contributed by atoms with E-state index < -0.39 is 5.54 Å². The Labute approximate surface area is 84.5 Å². The van der Waals surface area contributed by atoms with Crippen molar-refractivity contribution in [1.29, 1.82) is 0 Å². The van der Waals surface area contributed by atoms with Gasteiger partial charge in [0.05, 0.1) is 12.2 Å². The van der Waals surface area contributed by atoms with Crippen molar-refractivity contribution in [2.24, 2.45) is 5.73 Å². The minimum atomic E-state index is -0.601. The van der Waals surface area contributed by atoms with Crippen LogP contribution in [0.3, 0.4) is 0 Å². The lowest BCUT2D eigenvalue weighted by Crippen LogP contribution is -2.29. The maximum absolute atomic E-state index is 9.69. The van der Waals surface area contributed by atoms with E-state index in [0.717, 1.165) is 0 Å². The number of aromatic hydroxyl groups is 1. The SMILES string of the molecule is CCOc1cccc(O)c1C(C)(C)N. The molecule has 3 heteroatoms. The summed E-state index contributed by atoms with van der Waals surface area (Å²) in [6, 6.07) is 5.18. The predicted octanol–water partition coefficient (Wildman–Crippen LogP) is 1.98. The molecule has 0 atom stereocenters. The minimum absolute atomic E-state index is 0.184. The zero-order valence-electron chi connectivity index (χ0n) is 8.87. The van der Waals surface area contributed by atoms with Gasteiger partial charge in [0, 0.05) is 5.54 Å². The highest BCUT2D eigenvalue weighted by atomic mass is 16.5. The highest BCUT2D eigenvalue weighted by Crippen LogP contribution is 2.35. The maximum Gasteiger partial charge on any atom is 0.128 e. The van der Waals surface area contributed by atoms with Crippen LogP contribution < -0.4 is 10.5 Å². The van der Waals surface area contributed by atoms with E-state index in [1.165, 1.54) is 0 Å². The van der Waals surface area contributed by atoms with Crippen molar-refractivity contribution in [2.75, 3.05) is 6.61 Å². The van der Waals surface area contributed by atoms with Gasteiger partial charge in [0.1, 0.15) is 11.5 Å². The Bertz CT molecular complexity index is 316. The Kier molecular flexibility index (Phi) is 3.01. The topological polar surface area (TPSA) is 55.5 Å². The number of phenols is 1. The molecule has 0 saturated heterocycles. The number of ether oxygens (including phenoxy) is 1. The average Bonchev–Trinajstić information content (AvgIpc) is 2.02. The molecule has 0 aliphatic rings. The zero-order chi connectivity index (χ0) is 10.8. The van der Waals surface area contributed by atoms with Gasteiger partial charge in [0.15, 0.2) is 0 Å². The van der Waals surface area contributed by atoms with Crippen molar-refractivity contribution in [3.05, 3.63) is 23.8 Å². The Morgan fingerprint density at radius 1 is 1.43 bits per heavy atom. The molecule has 0 saturated carbocycles. The number of nitrogens with two attached hydrogens (primary N) is 1. The molecule has 0 fully saturated rings. The minimum Gasteiger partial charge on any atom is -0.507 e. The molecule has 0 bridgehead atoms. The second-order valence-electron chi connectivity index (χ2n) is 3.80. The van der Waals surface area contributed by atoms with Crippen molar-refractivity contribution in [1.82, 2.24) is 0 Å². The van der Waals surface area contributed by atoms with E-state index in [2.05, 4.69) is 0 Å².